The van der Waals surface area contributed by atoms with E-state index in [1.165, 1.54) is 28.8 Å². The predicted octanol–water partition coefficient (Wildman–Crippen LogP) is 4.26. The molecule has 2 aliphatic heterocycles. The number of benzene rings is 3. The number of phenols is 1. The van der Waals surface area contributed by atoms with Gasteiger partial charge >= 0.3 is 4.87 Å². The largest absolute Gasteiger partial charge is 0.508 e. The lowest BCUT2D eigenvalue weighted by Gasteiger charge is -2.30. The second-order valence-electron chi connectivity index (χ2n) is 9.52. The van der Waals surface area contributed by atoms with Gasteiger partial charge in [0, 0.05) is 22.0 Å². The summed E-state index contributed by atoms with van der Waals surface area (Å²) in [7, 11) is 0. The number of aromatic amines is 1. The Morgan fingerprint density at radius 1 is 1.00 bits per heavy atom. The van der Waals surface area contributed by atoms with Crippen molar-refractivity contribution in [3.05, 3.63) is 98.5 Å². The number of hydrogen-bond acceptors (Lipinski definition) is 8. The first-order valence-corrected chi connectivity index (χ1v) is 14.1. The van der Waals surface area contributed by atoms with Crippen LogP contribution in [0.1, 0.15) is 21.9 Å². The first kappa shape index (κ1) is 25.9. The van der Waals surface area contributed by atoms with Gasteiger partial charge in [-0.1, -0.05) is 59.0 Å². The van der Waals surface area contributed by atoms with Gasteiger partial charge in [0.2, 0.25) is 11.8 Å². The molecular weight excluding hydrogens is 550 g/mol. The fraction of sp³-hybridized carbons (Fsp3) is 0.172. The molecule has 2 aliphatic rings. The molecule has 3 amide bonds. The number of nitrogens with zero attached hydrogens (tertiary/aromatic N) is 1. The van der Waals surface area contributed by atoms with Crippen molar-refractivity contribution in [2.75, 3.05) is 16.8 Å². The molecule has 0 aliphatic carbocycles. The summed E-state index contributed by atoms with van der Waals surface area (Å²) in [6.45, 7) is 1.62. The van der Waals surface area contributed by atoms with Crippen LogP contribution in [0.25, 0.3) is 0 Å². The van der Waals surface area contributed by atoms with Crippen LogP contribution >= 0.6 is 23.1 Å². The maximum absolute atomic E-state index is 13.9. The average molecular weight is 574 g/mol. The molecular formula is C29H23N3O6S2. The predicted molar refractivity (Wildman–Crippen MR) is 152 cm³/mol. The first-order valence-electron chi connectivity index (χ1n) is 12.4. The van der Waals surface area contributed by atoms with Crippen LogP contribution in [0.4, 0.5) is 11.4 Å². The highest BCUT2D eigenvalue weighted by molar-refractivity contribution is 8.00. The van der Waals surface area contributed by atoms with Crippen LogP contribution in [0.5, 0.6) is 11.5 Å². The minimum absolute atomic E-state index is 0.0828. The van der Waals surface area contributed by atoms with Crippen molar-refractivity contribution in [2.24, 2.45) is 5.92 Å². The summed E-state index contributed by atoms with van der Waals surface area (Å²) >= 11 is 2.22. The van der Waals surface area contributed by atoms with Crippen LogP contribution in [0.15, 0.2) is 82.6 Å². The molecule has 1 saturated heterocycles. The fourth-order valence-electron chi connectivity index (χ4n) is 5.05. The zero-order chi connectivity index (χ0) is 28.0. The smallest absolute Gasteiger partial charge is 0.305 e. The molecule has 202 valence electrons. The zero-order valence-electron chi connectivity index (χ0n) is 21.1. The van der Waals surface area contributed by atoms with Gasteiger partial charge < -0.3 is 20.1 Å². The van der Waals surface area contributed by atoms with Crippen LogP contribution in [0, 0.1) is 12.8 Å². The summed E-state index contributed by atoms with van der Waals surface area (Å²) in [6.07, 6.45) is 0. The quantitative estimate of drug-likeness (QED) is 0.232. The molecule has 1 fully saturated rings. The molecule has 3 heterocycles. The van der Waals surface area contributed by atoms with E-state index in [9.17, 15) is 24.3 Å². The van der Waals surface area contributed by atoms with E-state index in [1.807, 2.05) is 19.1 Å². The van der Waals surface area contributed by atoms with Gasteiger partial charge in [-0.25, -0.2) is 4.90 Å². The number of rotatable bonds is 6. The van der Waals surface area contributed by atoms with Crippen LogP contribution in [-0.4, -0.2) is 39.7 Å². The van der Waals surface area contributed by atoms with E-state index in [-0.39, 0.29) is 29.0 Å². The van der Waals surface area contributed by atoms with Crippen molar-refractivity contribution in [2.45, 2.75) is 23.1 Å². The van der Waals surface area contributed by atoms with Gasteiger partial charge in [-0.3, -0.25) is 19.2 Å². The number of phenolic OH excluding ortho intramolecular Hbond substituents is 1. The monoisotopic (exact) mass is 573 g/mol. The number of amides is 3. The number of nitrogens with one attached hydrogen (secondary N) is 2. The Labute approximate surface area is 236 Å². The molecule has 3 N–H and O–H groups in total. The third kappa shape index (κ3) is 4.67. The fourth-order valence-corrected chi connectivity index (χ4v) is 7.56. The van der Waals surface area contributed by atoms with Gasteiger partial charge in [0.25, 0.3) is 5.91 Å². The summed E-state index contributed by atoms with van der Waals surface area (Å²) in [5.41, 5.74) is 2.62. The van der Waals surface area contributed by atoms with Crippen molar-refractivity contribution in [3.63, 3.8) is 0 Å². The maximum atomic E-state index is 13.9. The lowest BCUT2D eigenvalue weighted by atomic mass is 9.82. The number of hydrogen-bond donors (Lipinski definition) is 3. The second kappa shape index (κ2) is 10.3. The number of thioether (sulfide) groups is 1. The molecule has 11 heteroatoms. The number of anilines is 2. The van der Waals surface area contributed by atoms with Crippen LogP contribution in [0.2, 0.25) is 0 Å². The van der Waals surface area contributed by atoms with E-state index < -0.39 is 23.0 Å². The summed E-state index contributed by atoms with van der Waals surface area (Å²) in [4.78, 5) is 57.0. The molecule has 3 atom stereocenters. The van der Waals surface area contributed by atoms with E-state index in [4.69, 9.17) is 4.74 Å². The van der Waals surface area contributed by atoms with Gasteiger partial charge in [-0.15, -0.1) is 0 Å². The minimum atomic E-state index is -0.770. The Kier molecular flexibility index (Phi) is 6.68. The second-order valence-corrected chi connectivity index (χ2v) is 11.7. The summed E-state index contributed by atoms with van der Waals surface area (Å²) < 4.78 is 5.94. The number of H-pyrrole nitrogens is 1. The first-order chi connectivity index (χ1) is 19.3. The molecule has 0 radical (unpaired) electrons. The van der Waals surface area contributed by atoms with Crippen molar-refractivity contribution < 1.29 is 24.2 Å². The summed E-state index contributed by atoms with van der Waals surface area (Å²) in [6, 6.07) is 20.3. The molecule has 3 aromatic carbocycles. The number of fused-ring (bicyclic) bond motifs is 2. The Bertz CT molecular complexity index is 1680. The Balaban J connectivity index is 1.33. The van der Waals surface area contributed by atoms with Gasteiger partial charge in [-0.05, 0) is 49.4 Å². The van der Waals surface area contributed by atoms with E-state index in [0.717, 1.165) is 16.9 Å². The number of para-hydroxylation sites is 1. The summed E-state index contributed by atoms with van der Waals surface area (Å²) in [5, 5.41) is 12.0. The van der Waals surface area contributed by atoms with Crippen molar-refractivity contribution in [1.82, 2.24) is 4.98 Å². The van der Waals surface area contributed by atoms with Gasteiger partial charge in [0.1, 0.15) is 16.7 Å². The zero-order valence-corrected chi connectivity index (χ0v) is 22.8. The number of carbonyl (C=O) groups is 3. The molecule has 0 saturated carbocycles. The van der Waals surface area contributed by atoms with E-state index in [2.05, 4.69) is 10.3 Å². The molecule has 0 bridgehead atoms. The van der Waals surface area contributed by atoms with Crippen molar-refractivity contribution in [1.29, 1.82) is 0 Å². The highest BCUT2D eigenvalue weighted by Crippen LogP contribution is 2.54. The topological polar surface area (TPSA) is 129 Å². The minimum Gasteiger partial charge on any atom is -0.508 e. The number of thiazole rings is 1. The van der Waals surface area contributed by atoms with E-state index in [1.54, 1.807) is 48.5 Å². The molecule has 6 rings (SSSR count). The number of carbonyl (C=O) groups excluding carboxylic acids is 3. The third-order valence-corrected chi connectivity index (χ3v) is 9.28. The molecule has 40 heavy (non-hydrogen) atoms. The van der Waals surface area contributed by atoms with E-state index in [0.29, 0.717) is 32.6 Å². The highest BCUT2D eigenvalue weighted by Gasteiger charge is 2.56. The SMILES string of the molecule is Cc1ccc(N2C(=O)[C@H]3[C@H](c4ccccc4OCC(=O)Nc4ccc(O)cc4)c4sc(=O)[nH]c4S[C@H]3C2=O)cc1. The molecule has 0 spiro atoms. The average Bonchev–Trinajstić information content (AvgIpc) is 3.44. The molecule has 0 unspecified atom stereocenters. The van der Waals surface area contributed by atoms with E-state index >= 15 is 0 Å². The molecule has 1 aromatic heterocycles. The Morgan fingerprint density at radius 2 is 1.73 bits per heavy atom. The van der Waals surface area contributed by atoms with Crippen LogP contribution in [-0.2, 0) is 14.4 Å². The number of aryl methyl sites for hydroxylation is 1. The summed E-state index contributed by atoms with van der Waals surface area (Å²) in [5.74, 6) is -2.04. The van der Waals surface area contributed by atoms with Crippen molar-refractivity contribution >= 4 is 52.2 Å². The lowest BCUT2D eigenvalue weighted by Crippen LogP contribution is -2.32. The normalized spacial score (nSPS) is 19.7. The molecule has 4 aromatic rings. The lowest BCUT2D eigenvalue weighted by molar-refractivity contribution is -0.122. The third-order valence-electron chi connectivity index (χ3n) is 6.88. The number of aromatic nitrogens is 1. The standard InChI is InChI=1S/C29H23N3O6S2/c1-15-6-10-17(11-7-15)32-27(35)23-22(24-26(31-29(37)40-24)39-25(23)28(32)36)19-4-2-3-5-20(19)38-14-21(34)30-16-8-12-18(33)13-9-16/h2-13,22-23,25,33H,14H2,1H3,(H,30,34)(H,31,37)/t22-,23-,25+/m0/s1. The van der Waals surface area contributed by atoms with Gasteiger partial charge in [-0.2, -0.15) is 0 Å². The Hall–Kier alpha value is -4.35. The van der Waals surface area contributed by atoms with Crippen LogP contribution < -0.4 is 19.8 Å². The number of aromatic hydroxyl groups is 1. The highest BCUT2D eigenvalue weighted by atomic mass is 32.2. The van der Waals surface area contributed by atoms with Crippen LogP contribution in [0.3, 0.4) is 0 Å². The number of imide groups is 1. The van der Waals surface area contributed by atoms with Gasteiger partial charge in [0.05, 0.1) is 16.6 Å². The Morgan fingerprint density at radius 3 is 2.48 bits per heavy atom. The van der Waals surface area contributed by atoms with Gasteiger partial charge in [0.15, 0.2) is 6.61 Å². The number of ether oxygens (including phenoxy) is 1. The van der Waals surface area contributed by atoms with Crippen molar-refractivity contribution in [3.8, 4) is 11.5 Å². The maximum Gasteiger partial charge on any atom is 0.305 e. The molecule has 9 nitrogen and oxygen atoms in total.